The zero-order valence-electron chi connectivity index (χ0n) is 21.3. The Kier molecular flexibility index (Phi) is 9.51. The van der Waals surface area contributed by atoms with E-state index in [-0.39, 0.29) is 18.2 Å². The molecule has 0 saturated heterocycles. The molecule has 2 aromatic carbocycles. The van der Waals surface area contributed by atoms with Crippen molar-refractivity contribution in [1.29, 1.82) is 5.41 Å². The van der Waals surface area contributed by atoms with E-state index in [9.17, 15) is 19.2 Å². The van der Waals surface area contributed by atoms with Gasteiger partial charge >= 0.3 is 5.97 Å². The minimum absolute atomic E-state index is 0.105. The predicted molar refractivity (Wildman–Crippen MR) is 137 cm³/mol. The maximum Gasteiger partial charge on any atom is 0.325 e. The van der Waals surface area contributed by atoms with E-state index in [1.54, 1.807) is 43.3 Å². The number of carboxylic acid groups (broad SMARTS) is 1. The number of carboxylic acids is 1. The molecule has 202 valence electrons. The number of nitrogens with two attached hydrogens (primary N) is 1. The fraction of sp³-hybridized carbons (Fsp3) is 0.280. The van der Waals surface area contributed by atoms with E-state index in [0.717, 1.165) is 6.92 Å². The number of hydrogen-bond acceptors (Lipinski definition) is 8. The van der Waals surface area contributed by atoms with Crippen LogP contribution in [0, 0.1) is 5.41 Å². The lowest BCUT2D eigenvalue weighted by atomic mass is 10.00. The molecule has 0 aromatic heterocycles. The summed E-state index contributed by atoms with van der Waals surface area (Å²) in [5, 5.41) is 19.9. The minimum atomic E-state index is -1.93. The summed E-state index contributed by atoms with van der Waals surface area (Å²) in [7, 11) is 1.50. The van der Waals surface area contributed by atoms with E-state index >= 15 is 0 Å². The number of carbonyl (C=O) groups is 5. The summed E-state index contributed by atoms with van der Waals surface area (Å²) < 4.78 is 10.6. The van der Waals surface area contributed by atoms with Gasteiger partial charge in [-0.25, -0.2) is 0 Å². The molecule has 3 amide bonds. The summed E-state index contributed by atoms with van der Waals surface area (Å²) in [5.74, 6) is -3.22. The molecule has 13 heteroatoms. The van der Waals surface area contributed by atoms with E-state index < -0.39 is 41.8 Å². The Labute approximate surface area is 218 Å². The average molecular weight is 528 g/mol. The van der Waals surface area contributed by atoms with Crippen LogP contribution in [0.5, 0.6) is 5.75 Å². The first-order chi connectivity index (χ1) is 17.8. The molecule has 0 fully saturated rings. The number of esters is 1. The smallest absolute Gasteiger partial charge is 0.325 e. The Hall–Kier alpha value is -4.94. The van der Waals surface area contributed by atoms with Gasteiger partial charge in [0.05, 0.1) is 12.3 Å². The average Bonchev–Trinajstić information content (AvgIpc) is 2.85. The summed E-state index contributed by atoms with van der Waals surface area (Å²) in [6.07, 6.45) is 0. The number of nitrogens with zero attached hydrogens (tertiary/aromatic N) is 1. The third-order valence-corrected chi connectivity index (χ3v) is 5.20. The zero-order chi connectivity index (χ0) is 28.6. The molecule has 1 unspecified atom stereocenters. The van der Waals surface area contributed by atoms with E-state index in [1.165, 1.54) is 24.9 Å². The second kappa shape index (κ2) is 12.3. The zero-order valence-corrected chi connectivity index (χ0v) is 21.3. The van der Waals surface area contributed by atoms with Crippen molar-refractivity contribution in [1.82, 2.24) is 5.32 Å². The number of amidine groups is 1. The van der Waals surface area contributed by atoms with Gasteiger partial charge in [0.1, 0.15) is 18.1 Å². The van der Waals surface area contributed by atoms with E-state index in [4.69, 9.17) is 30.5 Å². The third kappa shape index (κ3) is 7.06. The maximum absolute atomic E-state index is 12.9. The quantitative estimate of drug-likeness (QED) is 0.151. The number of ether oxygens (including phenoxy) is 2. The van der Waals surface area contributed by atoms with Gasteiger partial charge in [0.2, 0.25) is 0 Å². The van der Waals surface area contributed by atoms with Crippen molar-refractivity contribution in [3.05, 3.63) is 53.6 Å². The first-order valence-electron chi connectivity index (χ1n) is 11.3. The summed E-state index contributed by atoms with van der Waals surface area (Å²) in [4.78, 5) is 60.1. The Bertz CT molecular complexity index is 1260. The molecule has 13 nitrogen and oxygen atoms in total. The highest BCUT2D eigenvalue weighted by Gasteiger charge is 2.49. The first kappa shape index (κ1) is 29.3. The van der Waals surface area contributed by atoms with Gasteiger partial charge in [0.15, 0.2) is 0 Å². The Morgan fingerprint density at radius 3 is 2.26 bits per heavy atom. The van der Waals surface area contributed by atoms with Crippen LogP contribution < -0.4 is 26.0 Å². The SMILES string of the molecule is CC(=O)O.CCOC(=O)CNC(=O)C1(C)Oc2cc(NC(=O)c3ccc(C(=N)N)cc3)ccc2N(C)C1=O. The molecule has 6 N–H and O–H groups in total. The molecule has 1 aliphatic rings. The van der Waals surface area contributed by atoms with E-state index in [2.05, 4.69) is 10.6 Å². The molecular formula is C25H29N5O8. The molecule has 1 aliphatic heterocycles. The molecule has 1 heterocycles. The maximum atomic E-state index is 12.9. The van der Waals surface area contributed by atoms with Gasteiger partial charge < -0.3 is 35.8 Å². The van der Waals surface area contributed by atoms with Crippen LogP contribution in [-0.2, 0) is 23.9 Å². The van der Waals surface area contributed by atoms with Gasteiger partial charge in [0.25, 0.3) is 29.3 Å². The van der Waals surface area contributed by atoms with Crippen molar-refractivity contribution in [3.8, 4) is 5.75 Å². The fourth-order valence-corrected chi connectivity index (χ4v) is 3.32. The van der Waals surface area contributed by atoms with Crippen LogP contribution in [0.4, 0.5) is 11.4 Å². The lowest BCUT2D eigenvalue weighted by Gasteiger charge is -2.38. The highest BCUT2D eigenvalue weighted by atomic mass is 16.5. The Morgan fingerprint density at radius 1 is 1.13 bits per heavy atom. The van der Waals surface area contributed by atoms with Gasteiger partial charge in [-0.2, -0.15) is 0 Å². The number of fused-ring (bicyclic) bond motifs is 1. The van der Waals surface area contributed by atoms with Crippen molar-refractivity contribution in [2.75, 3.05) is 30.4 Å². The van der Waals surface area contributed by atoms with Crippen LogP contribution in [0.25, 0.3) is 0 Å². The molecule has 0 aliphatic carbocycles. The lowest BCUT2D eigenvalue weighted by molar-refractivity contribution is -0.151. The number of amides is 3. The number of likely N-dealkylation sites (N-methyl/N-ethyl adjacent to an activating group) is 1. The molecule has 38 heavy (non-hydrogen) atoms. The normalized spacial score (nSPS) is 15.6. The molecule has 2 aromatic rings. The molecule has 3 rings (SSSR count). The largest absolute Gasteiger partial charge is 0.481 e. The van der Waals surface area contributed by atoms with Gasteiger partial charge in [-0.3, -0.25) is 29.4 Å². The molecular weight excluding hydrogens is 498 g/mol. The van der Waals surface area contributed by atoms with Crippen LogP contribution in [0.2, 0.25) is 0 Å². The lowest BCUT2D eigenvalue weighted by Crippen LogP contribution is -2.61. The van der Waals surface area contributed by atoms with Crippen LogP contribution in [0.1, 0.15) is 36.7 Å². The Morgan fingerprint density at radius 2 is 1.71 bits per heavy atom. The topological polar surface area (TPSA) is 201 Å². The van der Waals surface area contributed by atoms with Crippen LogP contribution in [-0.4, -0.2) is 66.4 Å². The second-order valence-electron chi connectivity index (χ2n) is 8.13. The van der Waals surface area contributed by atoms with Crippen LogP contribution in [0.3, 0.4) is 0 Å². The van der Waals surface area contributed by atoms with E-state index in [0.29, 0.717) is 22.5 Å². The number of carbonyl (C=O) groups excluding carboxylic acids is 4. The summed E-state index contributed by atoms with van der Waals surface area (Å²) >= 11 is 0. The van der Waals surface area contributed by atoms with Crippen LogP contribution >= 0.6 is 0 Å². The van der Waals surface area contributed by atoms with Crippen molar-refractivity contribution < 1.29 is 38.6 Å². The fourth-order valence-electron chi connectivity index (χ4n) is 3.32. The highest BCUT2D eigenvalue weighted by Crippen LogP contribution is 2.39. The minimum Gasteiger partial charge on any atom is -0.481 e. The predicted octanol–water partition coefficient (Wildman–Crippen LogP) is 1.11. The summed E-state index contributed by atoms with van der Waals surface area (Å²) in [6, 6.07) is 10.9. The standard InChI is InChI=1S/C23H25N5O6.C2H4O2/c1-4-33-18(29)12-26-21(31)23(2)22(32)28(3)16-10-9-15(11-17(16)34-23)27-20(30)14-7-5-13(6-8-14)19(24)25;1-2(3)4/h5-11H,4,12H2,1-3H3,(H3,24,25)(H,26,31)(H,27,30);1H3,(H,3,4). The molecule has 1 atom stereocenters. The van der Waals surface area contributed by atoms with Gasteiger partial charge in [-0.15, -0.1) is 0 Å². The summed E-state index contributed by atoms with van der Waals surface area (Å²) in [6.45, 7) is 3.77. The number of nitrogen functional groups attached to an aromatic ring is 1. The Balaban J connectivity index is 0.00000118. The van der Waals surface area contributed by atoms with E-state index in [1.807, 2.05) is 0 Å². The molecule has 0 radical (unpaired) electrons. The van der Waals surface area contributed by atoms with Crippen LogP contribution in [0.15, 0.2) is 42.5 Å². The van der Waals surface area contributed by atoms with Gasteiger partial charge in [-0.1, -0.05) is 12.1 Å². The summed E-state index contributed by atoms with van der Waals surface area (Å²) in [5.41, 5.74) is 5.12. The molecule has 0 saturated carbocycles. The number of benzene rings is 2. The van der Waals surface area contributed by atoms with Crippen molar-refractivity contribution in [3.63, 3.8) is 0 Å². The first-order valence-corrected chi connectivity index (χ1v) is 11.3. The van der Waals surface area contributed by atoms with Crippen molar-refractivity contribution in [2.24, 2.45) is 5.73 Å². The highest BCUT2D eigenvalue weighted by molar-refractivity contribution is 6.16. The monoisotopic (exact) mass is 527 g/mol. The third-order valence-electron chi connectivity index (χ3n) is 5.20. The molecule has 0 bridgehead atoms. The van der Waals surface area contributed by atoms with Crippen molar-refractivity contribution >= 4 is 46.9 Å². The second-order valence-corrected chi connectivity index (χ2v) is 8.13. The number of rotatable bonds is 7. The molecule has 0 spiro atoms. The van der Waals surface area contributed by atoms with Gasteiger partial charge in [-0.05, 0) is 38.1 Å². The number of nitrogens with one attached hydrogen (secondary N) is 3. The number of aliphatic carboxylic acids is 1. The van der Waals surface area contributed by atoms with Gasteiger partial charge in [0, 0.05) is 36.9 Å². The van der Waals surface area contributed by atoms with Crippen molar-refractivity contribution in [2.45, 2.75) is 26.4 Å². The number of anilines is 2. The number of hydrogen-bond donors (Lipinski definition) is 5.